The van der Waals surface area contributed by atoms with E-state index in [1.54, 1.807) is 7.11 Å². The van der Waals surface area contributed by atoms with Crippen molar-refractivity contribution in [3.63, 3.8) is 0 Å². The zero-order valence-electron chi connectivity index (χ0n) is 18.5. The van der Waals surface area contributed by atoms with Gasteiger partial charge < -0.3 is 20.1 Å². The number of aromatic nitrogens is 1. The van der Waals surface area contributed by atoms with Crippen LogP contribution < -0.4 is 15.4 Å². The van der Waals surface area contributed by atoms with Crippen LogP contribution in [0.1, 0.15) is 19.4 Å². The Kier molecular flexibility index (Phi) is 6.40. The largest absolute Gasteiger partial charge is 0.497 e. The summed E-state index contributed by atoms with van der Waals surface area (Å²) in [4.78, 5) is 16.5. The van der Waals surface area contributed by atoms with Gasteiger partial charge in [0.25, 0.3) is 0 Å². The lowest BCUT2D eigenvalue weighted by Crippen LogP contribution is -2.31. The van der Waals surface area contributed by atoms with Crippen LogP contribution in [-0.4, -0.2) is 30.8 Å². The highest BCUT2D eigenvalue weighted by Crippen LogP contribution is 2.35. The maximum absolute atomic E-state index is 11.7. The Morgan fingerprint density at radius 1 is 0.969 bits per heavy atom. The summed E-state index contributed by atoms with van der Waals surface area (Å²) in [5.74, 6) is 0.781. The predicted molar refractivity (Wildman–Crippen MR) is 129 cm³/mol. The number of carbonyl (C=O) groups is 1. The highest BCUT2D eigenvalue weighted by Gasteiger charge is 2.11. The maximum Gasteiger partial charge on any atom is 0.407 e. The molecule has 0 unspecified atom stereocenters. The smallest absolute Gasteiger partial charge is 0.407 e. The van der Waals surface area contributed by atoms with Crippen LogP contribution in [0.25, 0.3) is 21.8 Å². The molecule has 6 nitrogen and oxygen atoms in total. The molecule has 0 aliphatic carbocycles. The second-order valence-corrected chi connectivity index (χ2v) is 7.90. The number of ether oxygens (including phenoxy) is 2. The predicted octanol–water partition coefficient (Wildman–Crippen LogP) is 5.82. The Labute approximate surface area is 187 Å². The summed E-state index contributed by atoms with van der Waals surface area (Å²) in [6.07, 6.45) is 0.241. The molecular formula is C26H27N3O3. The second-order valence-electron chi connectivity index (χ2n) is 7.90. The second kappa shape index (κ2) is 9.56. The molecule has 3 aromatic carbocycles. The first-order chi connectivity index (χ1) is 15.5. The van der Waals surface area contributed by atoms with Gasteiger partial charge in [-0.15, -0.1) is 0 Å². The number of methoxy groups -OCH3 is 1. The molecule has 2 N–H and O–H groups in total. The van der Waals surface area contributed by atoms with Gasteiger partial charge in [0.2, 0.25) is 0 Å². The Morgan fingerprint density at radius 3 is 2.59 bits per heavy atom. The molecule has 1 aromatic heterocycles. The lowest BCUT2D eigenvalue weighted by atomic mass is 10.1. The van der Waals surface area contributed by atoms with Crippen LogP contribution in [0.4, 0.5) is 16.2 Å². The molecule has 1 amide bonds. The third kappa shape index (κ3) is 4.91. The van der Waals surface area contributed by atoms with Gasteiger partial charge in [0.15, 0.2) is 0 Å². The van der Waals surface area contributed by atoms with E-state index in [0.29, 0.717) is 13.0 Å². The number of nitrogens with zero attached hydrogens (tertiary/aromatic N) is 1. The van der Waals surface area contributed by atoms with E-state index >= 15 is 0 Å². The average Bonchev–Trinajstić information content (AvgIpc) is 2.78. The molecule has 0 saturated heterocycles. The van der Waals surface area contributed by atoms with E-state index in [4.69, 9.17) is 14.5 Å². The van der Waals surface area contributed by atoms with Crippen molar-refractivity contribution in [1.82, 2.24) is 10.3 Å². The fraction of sp³-hybridized carbons (Fsp3) is 0.231. The highest BCUT2D eigenvalue weighted by atomic mass is 16.5. The number of amides is 1. The van der Waals surface area contributed by atoms with Crippen molar-refractivity contribution < 1.29 is 14.3 Å². The number of fused-ring (bicyclic) bond motifs is 2. The first-order valence-electron chi connectivity index (χ1n) is 10.7. The quantitative estimate of drug-likeness (QED) is 0.362. The number of hydrogen-bond acceptors (Lipinski definition) is 5. The Balaban J connectivity index is 1.61. The van der Waals surface area contributed by atoms with Crippen molar-refractivity contribution in [2.24, 2.45) is 0 Å². The van der Waals surface area contributed by atoms with Gasteiger partial charge in [0, 0.05) is 28.9 Å². The van der Waals surface area contributed by atoms with Gasteiger partial charge >= 0.3 is 6.09 Å². The molecule has 4 aromatic rings. The van der Waals surface area contributed by atoms with Crippen LogP contribution >= 0.6 is 0 Å². The minimum Gasteiger partial charge on any atom is -0.497 e. The van der Waals surface area contributed by atoms with Crippen LogP contribution in [0.15, 0.2) is 66.7 Å². The number of para-hydroxylation sites is 1. The summed E-state index contributed by atoms with van der Waals surface area (Å²) in [6.45, 7) is 4.12. The van der Waals surface area contributed by atoms with Crippen LogP contribution in [-0.2, 0) is 11.2 Å². The fourth-order valence-electron chi connectivity index (χ4n) is 3.62. The summed E-state index contributed by atoms with van der Waals surface area (Å²) in [7, 11) is 1.66. The minimum absolute atomic E-state index is 0.0543. The molecule has 4 rings (SSSR count). The number of benzene rings is 3. The van der Waals surface area contributed by atoms with Crippen LogP contribution in [0.3, 0.4) is 0 Å². The molecular weight excluding hydrogens is 402 g/mol. The summed E-state index contributed by atoms with van der Waals surface area (Å²) in [6, 6.07) is 22.2. The average molecular weight is 430 g/mol. The van der Waals surface area contributed by atoms with Crippen LogP contribution in [0.5, 0.6) is 5.75 Å². The molecule has 1 heterocycles. The molecule has 0 aliphatic heterocycles. The number of nitrogens with one attached hydrogen (secondary N) is 2. The normalized spacial score (nSPS) is 11.0. The van der Waals surface area contributed by atoms with E-state index in [1.807, 2.05) is 68.4 Å². The van der Waals surface area contributed by atoms with Crippen LogP contribution in [0.2, 0.25) is 0 Å². The number of pyridine rings is 1. The number of carbonyl (C=O) groups excluding carboxylic acids is 1. The summed E-state index contributed by atoms with van der Waals surface area (Å²) >= 11 is 0. The third-order valence-corrected chi connectivity index (χ3v) is 5.11. The van der Waals surface area contributed by atoms with E-state index in [-0.39, 0.29) is 6.04 Å². The molecule has 0 atom stereocenters. The molecule has 0 bridgehead atoms. The zero-order chi connectivity index (χ0) is 22.5. The number of hydrogen-bond donors (Lipinski definition) is 2. The van der Waals surface area contributed by atoms with Crippen molar-refractivity contribution in [1.29, 1.82) is 0 Å². The van der Waals surface area contributed by atoms with Crippen molar-refractivity contribution in [3.8, 4) is 5.75 Å². The van der Waals surface area contributed by atoms with E-state index in [0.717, 1.165) is 44.5 Å². The lowest BCUT2D eigenvalue weighted by Gasteiger charge is -2.15. The molecule has 6 heteroatoms. The molecule has 0 aliphatic rings. The molecule has 0 saturated carbocycles. The first kappa shape index (κ1) is 21.4. The topological polar surface area (TPSA) is 72.5 Å². The van der Waals surface area contributed by atoms with E-state index in [9.17, 15) is 4.79 Å². The van der Waals surface area contributed by atoms with E-state index in [1.165, 1.54) is 0 Å². The molecule has 0 spiro atoms. The number of rotatable bonds is 7. The Morgan fingerprint density at radius 2 is 1.78 bits per heavy atom. The summed E-state index contributed by atoms with van der Waals surface area (Å²) < 4.78 is 10.7. The number of alkyl carbamates (subject to hydrolysis) is 1. The molecule has 0 radical (unpaired) electrons. The Bertz CT molecular complexity index is 1250. The van der Waals surface area contributed by atoms with Gasteiger partial charge in [-0.2, -0.15) is 0 Å². The zero-order valence-corrected chi connectivity index (χ0v) is 18.5. The molecule has 32 heavy (non-hydrogen) atoms. The number of anilines is 2. The standard InChI is InChI=1S/C26H27N3O3/c1-17(2)27-26(30)32-14-13-18-7-6-8-19(15-18)28-25-21-9-4-5-10-23(21)29-24-12-11-20(31-3)16-22(24)25/h4-12,15-17H,13-14H2,1-3H3,(H,27,30)(H,28,29). The fourth-order valence-corrected chi connectivity index (χ4v) is 3.62. The summed E-state index contributed by atoms with van der Waals surface area (Å²) in [5.41, 5.74) is 4.83. The van der Waals surface area contributed by atoms with Gasteiger partial charge in [-0.05, 0) is 55.8 Å². The SMILES string of the molecule is COc1ccc2nc3ccccc3c(Nc3cccc(CCOC(=O)NC(C)C)c3)c2c1. The van der Waals surface area contributed by atoms with Crippen molar-refractivity contribution in [2.45, 2.75) is 26.3 Å². The van der Waals surface area contributed by atoms with E-state index in [2.05, 4.69) is 22.8 Å². The van der Waals surface area contributed by atoms with E-state index < -0.39 is 6.09 Å². The van der Waals surface area contributed by atoms with Gasteiger partial charge in [-0.1, -0.05) is 30.3 Å². The van der Waals surface area contributed by atoms with Crippen molar-refractivity contribution in [2.75, 3.05) is 19.0 Å². The molecule has 164 valence electrons. The molecule has 0 fully saturated rings. The summed E-state index contributed by atoms with van der Waals surface area (Å²) in [5, 5.41) is 8.34. The minimum atomic E-state index is -0.391. The highest BCUT2D eigenvalue weighted by molar-refractivity contribution is 6.09. The maximum atomic E-state index is 11.7. The van der Waals surface area contributed by atoms with Gasteiger partial charge in [0.05, 0.1) is 30.4 Å². The lowest BCUT2D eigenvalue weighted by molar-refractivity contribution is 0.145. The third-order valence-electron chi connectivity index (χ3n) is 5.11. The van der Waals surface area contributed by atoms with Crippen LogP contribution in [0, 0.1) is 0 Å². The van der Waals surface area contributed by atoms with Gasteiger partial charge in [-0.3, -0.25) is 0 Å². The van der Waals surface area contributed by atoms with Crippen molar-refractivity contribution >= 4 is 39.3 Å². The van der Waals surface area contributed by atoms with Gasteiger partial charge in [-0.25, -0.2) is 9.78 Å². The van der Waals surface area contributed by atoms with Crippen molar-refractivity contribution in [3.05, 3.63) is 72.3 Å². The van der Waals surface area contributed by atoms with Gasteiger partial charge in [0.1, 0.15) is 5.75 Å². The first-order valence-corrected chi connectivity index (χ1v) is 10.7. The monoisotopic (exact) mass is 429 g/mol. The Hall–Kier alpha value is -3.80.